The van der Waals surface area contributed by atoms with Crippen molar-refractivity contribution < 1.29 is 4.79 Å². The summed E-state index contributed by atoms with van der Waals surface area (Å²) in [5, 5.41) is 0. The third-order valence-electron chi connectivity index (χ3n) is 3.71. The van der Waals surface area contributed by atoms with E-state index in [4.69, 9.17) is 6.42 Å². The number of hydrogen-bond acceptors (Lipinski definition) is 2. The van der Waals surface area contributed by atoms with Crippen molar-refractivity contribution in [2.24, 2.45) is 0 Å². The Bertz CT molecular complexity index is 528. The van der Waals surface area contributed by atoms with E-state index in [0.29, 0.717) is 17.9 Å². The molecule has 1 saturated carbocycles. The second-order valence-corrected chi connectivity index (χ2v) is 4.67. The van der Waals surface area contributed by atoms with Crippen molar-refractivity contribution in [3.63, 3.8) is 0 Å². The van der Waals surface area contributed by atoms with E-state index in [9.17, 15) is 4.79 Å². The highest BCUT2D eigenvalue weighted by atomic mass is 16.2. The monoisotopic (exact) mass is 227 g/mol. The molecule has 1 aliphatic carbocycles. The predicted molar refractivity (Wildman–Crippen MR) is 64.6 cm³/mol. The summed E-state index contributed by atoms with van der Waals surface area (Å²) < 4.78 is 0. The van der Waals surface area contributed by atoms with E-state index in [1.54, 1.807) is 17.2 Å². The number of likely N-dealkylation sites (N-methyl/N-ethyl adjacent to an activating group) is 1. The molecule has 1 aromatic heterocycles. The van der Waals surface area contributed by atoms with Crippen LogP contribution in [-0.2, 0) is 0 Å². The standard InChI is InChI=1S/C13H13N3O/c1-3-10-5-4-8-14-11(10)16-9-13(6-7-13)15(2)12(16)17/h1,4-5,8H,6-7,9H2,2H3. The maximum atomic E-state index is 12.2. The van der Waals surface area contributed by atoms with Crippen molar-refractivity contribution in [3.8, 4) is 12.3 Å². The maximum Gasteiger partial charge on any atom is 0.326 e. The molecule has 2 aliphatic rings. The van der Waals surface area contributed by atoms with E-state index in [1.165, 1.54) is 0 Å². The molecule has 1 saturated heterocycles. The van der Waals surface area contributed by atoms with Crippen molar-refractivity contribution >= 4 is 11.8 Å². The number of amides is 2. The molecule has 1 aliphatic heterocycles. The predicted octanol–water partition coefficient (Wildman–Crippen LogP) is 1.47. The van der Waals surface area contributed by atoms with E-state index in [0.717, 1.165) is 12.8 Å². The Labute approximate surface area is 100 Å². The van der Waals surface area contributed by atoms with Crippen LogP contribution in [0.1, 0.15) is 18.4 Å². The van der Waals surface area contributed by atoms with Crippen LogP contribution in [0.4, 0.5) is 10.6 Å². The number of carbonyl (C=O) groups is 1. The first-order chi connectivity index (χ1) is 8.18. The van der Waals surface area contributed by atoms with Crippen LogP contribution in [0.15, 0.2) is 18.3 Å². The molecule has 17 heavy (non-hydrogen) atoms. The molecule has 2 amide bonds. The van der Waals surface area contributed by atoms with Gasteiger partial charge in [0.2, 0.25) is 0 Å². The molecule has 4 heteroatoms. The molecule has 0 bridgehead atoms. The number of carbonyl (C=O) groups excluding carboxylic acids is 1. The topological polar surface area (TPSA) is 36.4 Å². The molecule has 0 radical (unpaired) electrons. The zero-order valence-electron chi connectivity index (χ0n) is 9.68. The second-order valence-electron chi connectivity index (χ2n) is 4.67. The van der Waals surface area contributed by atoms with E-state index >= 15 is 0 Å². The van der Waals surface area contributed by atoms with Crippen LogP contribution in [-0.4, -0.2) is 35.0 Å². The highest BCUT2D eigenvalue weighted by molar-refractivity contribution is 5.96. The van der Waals surface area contributed by atoms with Crippen LogP contribution in [0, 0.1) is 12.3 Å². The summed E-state index contributed by atoms with van der Waals surface area (Å²) in [4.78, 5) is 19.9. The molecule has 0 atom stereocenters. The Kier molecular flexibility index (Phi) is 1.93. The maximum absolute atomic E-state index is 12.2. The third-order valence-corrected chi connectivity index (χ3v) is 3.71. The lowest BCUT2D eigenvalue weighted by molar-refractivity contribution is 0.215. The third kappa shape index (κ3) is 1.32. The van der Waals surface area contributed by atoms with E-state index in [-0.39, 0.29) is 11.6 Å². The van der Waals surface area contributed by atoms with Crippen LogP contribution < -0.4 is 4.90 Å². The van der Waals surface area contributed by atoms with Gasteiger partial charge in [0.1, 0.15) is 0 Å². The van der Waals surface area contributed by atoms with Gasteiger partial charge in [0.05, 0.1) is 17.6 Å². The number of hydrogen-bond donors (Lipinski definition) is 0. The average Bonchev–Trinajstić information content (AvgIpc) is 3.10. The van der Waals surface area contributed by atoms with Gasteiger partial charge in [-0.25, -0.2) is 9.78 Å². The van der Waals surface area contributed by atoms with Gasteiger partial charge in [-0.2, -0.15) is 0 Å². The molecular formula is C13H13N3O. The fourth-order valence-electron chi connectivity index (χ4n) is 2.38. The van der Waals surface area contributed by atoms with Gasteiger partial charge in [0.15, 0.2) is 5.82 Å². The zero-order chi connectivity index (χ0) is 12.0. The summed E-state index contributed by atoms with van der Waals surface area (Å²) in [6, 6.07) is 3.60. The van der Waals surface area contributed by atoms with E-state index in [1.807, 2.05) is 18.0 Å². The Morgan fingerprint density at radius 2 is 2.29 bits per heavy atom. The molecule has 0 N–H and O–H groups in total. The Morgan fingerprint density at radius 3 is 2.88 bits per heavy atom. The fourth-order valence-corrected chi connectivity index (χ4v) is 2.38. The first-order valence-corrected chi connectivity index (χ1v) is 5.65. The largest absolute Gasteiger partial charge is 0.326 e. The molecule has 1 aromatic rings. The zero-order valence-corrected chi connectivity index (χ0v) is 9.68. The SMILES string of the molecule is C#Cc1cccnc1N1CC2(CC2)N(C)C1=O. The average molecular weight is 227 g/mol. The van der Waals surface area contributed by atoms with Crippen molar-refractivity contribution in [1.29, 1.82) is 0 Å². The summed E-state index contributed by atoms with van der Waals surface area (Å²) >= 11 is 0. The minimum atomic E-state index is -0.00213. The van der Waals surface area contributed by atoms with Crippen LogP contribution in [0.5, 0.6) is 0 Å². The lowest BCUT2D eigenvalue weighted by Crippen LogP contribution is -2.32. The Balaban J connectivity index is 2.01. The summed E-state index contributed by atoms with van der Waals surface area (Å²) in [6.07, 6.45) is 9.25. The number of anilines is 1. The smallest absolute Gasteiger partial charge is 0.320 e. The summed E-state index contributed by atoms with van der Waals surface area (Å²) in [5.41, 5.74) is 0.715. The summed E-state index contributed by atoms with van der Waals surface area (Å²) in [7, 11) is 1.85. The molecule has 4 nitrogen and oxygen atoms in total. The number of terminal acetylenes is 1. The van der Waals surface area contributed by atoms with Gasteiger partial charge in [0.25, 0.3) is 0 Å². The number of pyridine rings is 1. The first-order valence-electron chi connectivity index (χ1n) is 5.65. The van der Waals surface area contributed by atoms with Crippen LogP contribution >= 0.6 is 0 Å². The number of urea groups is 1. The molecule has 0 aromatic carbocycles. The van der Waals surface area contributed by atoms with Crippen LogP contribution in [0.25, 0.3) is 0 Å². The van der Waals surface area contributed by atoms with Gasteiger partial charge in [-0.05, 0) is 25.0 Å². The van der Waals surface area contributed by atoms with E-state index in [2.05, 4.69) is 10.9 Å². The van der Waals surface area contributed by atoms with Crippen LogP contribution in [0.2, 0.25) is 0 Å². The molecule has 3 rings (SSSR count). The number of nitrogens with zero attached hydrogens (tertiary/aromatic N) is 3. The summed E-state index contributed by atoms with van der Waals surface area (Å²) in [5.74, 6) is 3.19. The molecule has 1 spiro atoms. The lowest BCUT2D eigenvalue weighted by atomic mass is 10.2. The van der Waals surface area contributed by atoms with Gasteiger partial charge < -0.3 is 4.90 Å². The van der Waals surface area contributed by atoms with Gasteiger partial charge in [0, 0.05) is 13.2 Å². The van der Waals surface area contributed by atoms with E-state index < -0.39 is 0 Å². The minimum Gasteiger partial charge on any atom is -0.320 e. The number of aromatic nitrogens is 1. The molecular weight excluding hydrogens is 214 g/mol. The molecule has 0 unspecified atom stereocenters. The summed E-state index contributed by atoms with van der Waals surface area (Å²) in [6.45, 7) is 0.702. The van der Waals surface area contributed by atoms with Crippen LogP contribution in [0.3, 0.4) is 0 Å². The minimum absolute atomic E-state index is 0.00213. The quantitative estimate of drug-likeness (QED) is 0.681. The van der Waals surface area contributed by atoms with Gasteiger partial charge in [-0.1, -0.05) is 5.92 Å². The molecule has 2 fully saturated rings. The highest BCUT2D eigenvalue weighted by Gasteiger charge is 2.56. The van der Waals surface area contributed by atoms with Crippen molar-refractivity contribution in [2.45, 2.75) is 18.4 Å². The highest BCUT2D eigenvalue weighted by Crippen LogP contribution is 2.46. The Morgan fingerprint density at radius 1 is 1.53 bits per heavy atom. The Hall–Kier alpha value is -2.02. The van der Waals surface area contributed by atoms with Gasteiger partial charge >= 0.3 is 6.03 Å². The van der Waals surface area contributed by atoms with Gasteiger partial charge in [-0.3, -0.25) is 4.90 Å². The van der Waals surface area contributed by atoms with Crippen molar-refractivity contribution in [3.05, 3.63) is 23.9 Å². The lowest BCUT2D eigenvalue weighted by Gasteiger charge is -2.16. The second kappa shape index (κ2) is 3.24. The first kappa shape index (κ1) is 10.2. The molecule has 86 valence electrons. The normalized spacial score (nSPS) is 20.8. The fraction of sp³-hybridized carbons (Fsp3) is 0.385. The number of rotatable bonds is 1. The van der Waals surface area contributed by atoms with Gasteiger partial charge in [-0.15, -0.1) is 6.42 Å². The van der Waals surface area contributed by atoms with Crippen molar-refractivity contribution in [2.75, 3.05) is 18.5 Å². The molecule has 2 heterocycles. The van der Waals surface area contributed by atoms with Crippen molar-refractivity contribution in [1.82, 2.24) is 9.88 Å².